The maximum Gasteiger partial charge on any atom is 0.151 e. The Morgan fingerprint density at radius 1 is 1.00 bits per heavy atom. The van der Waals surface area contributed by atoms with E-state index in [0.717, 1.165) is 56.7 Å². The van der Waals surface area contributed by atoms with Gasteiger partial charge in [0.25, 0.3) is 0 Å². The molecule has 5 heterocycles. The standard InChI is InChI=1S/C23H28N8O/c1-2-4-15-31(14-3-1)23(20-17-24-11-12-26-20)18-25-9-6-8-22(23,19-7-5-10-28-29-19)21-27-13-16-32-30-21/h5,7,10-13,16-18H,1-4,6,8-9,14-15H2,(H,27,30). The first kappa shape index (κ1) is 20.7. The van der Waals surface area contributed by atoms with Crippen molar-refractivity contribution in [2.75, 3.05) is 19.6 Å². The SMILES string of the molecule is C1=CONC(C2(c3cccnn3)CCCN=CC2(c2cnccn2)N2CCCCCC2)=N1. The number of hydroxylamine groups is 1. The molecule has 1 fully saturated rings. The summed E-state index contributed by atoms with van der Waals surface area (Å²) in [5.41, 5.74) is 3.24. The highest BCUT2D eigenvalue weighted by atomic mass is 16.6. The third-order valence-electron chi connectivity index (χ3n) is 6.73. The number of hydrogen-bond donors (Lipinski definition) is 1. The highest BCUT2D eigenvalue weighted by Crippen LogP contribution is 2.50. The molecule has 2 aromatic rings. The summed E-state index contributed by atoms with van der Waals surface area (Å²) in [7, 11) is 0. The maximum absolute atomic E-state index is 5.56. The number of amidine groups is 1. The first-order valence-electron chi connectivity index (χ1n) is 11.3. The van der Waals surface area contributed by atoms with Crippen LogP contribution in [0.4, 0.5) is 0 Å². The van der Waals surface area contributed by atoms with Gasteiger partial charge >= 0.3 is 0 Å². The minimum atomic E-state index is -0.751. The Balaban J connectivity index is 1.85. The van der Waals surface area contributed by atoms with Crippen molar-refractivity contribution in [3.63, 3.8) is 0 Å². The molecule has 0 saturated carbocycles. The van der Waals surface area contributed by atoms with Crippen LogP contribution in [-0.4, -0.2) is 56.7 Å². The lowest BCUT2D eigenvalue weighted by Crippen LogP contribution is -2.67. The van der Waals surface area contributed by atoms with Crippen molar-refractivity contribution >= 4 is 12.1 Å². The molecule has 1 saturated heterocycles. The molecule has 0 aromatic carbocycles. The predicted octanol–water partition coefficient (Wildman–Crippen LogP) is 2.55. The van der Waals surface area contributed by atoms with E-state index in [1.165, 1.54) is 19.1 Å². The first-order chi connectivity index (χ1) is 15.9. The average molecular weight is 433 g/mol. The van der Waals surface area contributed by atoms with Gasteiger partial charge in [-0.2, -0.15) is 10.2 Å². The topological polar surface area (TPSA) is 101 Å². The normalized spacial score (nSPS) is 28.7. The fourth-order valence-corrected chi connectivity index (χ4v) is 5.37. The molecule has 0 spiro atoms. The van der Waals surface area contributed by atoms with E-state index in [1.807, 2.05) is 18.3 Å². The van der Waals surface area contributed by atoms with Gasteiger partial charge in [0.05, 0.1) is 23.8 Å². The summed E-state index contributed by atoms with van der Waals surface area (Å²) >= 11 is 0. The monoisotopic (exact) mass is 432 g/mol. The van der Waals surface area contributed by atoms with Crippen LogP contribution in [0.15, 0.2) is 59.4 Å². The molecule has 5 rings (SSSR count). The fourth-order valence-electron chi connectivity index (χ4n) is 5.37. The molecule has 0 amide bonds. The zero-order chi connectivity index (χ0) is 21.7. The van der Waals surface area contributed by atoms with Crippen molar-refractivity contribution in [1.29, 1.82) is 0 Å². The molecule has 0 aliphatic carbocycles. The largest absolute Gasteiger partial charge is 0.387 e. The Kier molecular flexibility index (Phi) is 5.89. The van der Waals surface area contributed by atoms with Crippen LogP contribution in [0.1, 0.15) is 49.9 Å². The molecule has 9 nitrogen and oxygen atoms in total. The van der Waals surface area contributed by atoms with Crippen molar-refractivity contribution in [2.24, 2.45) is 9.98 Å². The van der Waals surface area contributed by atoms with Gasteiger partial charge in [-0.1, -0.05) is 12.8 Å². The van der Waals surface area contributed by atoms with Gasteiger partial charge in [0.1, 0.15) is 17.2 Å². The van der Waals surface area contributed by atoms with Crippen molar-refractivity contribution < 1.29 is 4.84 Å². The molecule has 2 aromatic heterocycles. The van der Waals surface area contributed by atoms with Crippen molar-refractivity contribution in [3.8, 4) is 0 Å². The lowest BCUT2D eigenvalue weighted by atomic mass is 9.61. The van der Waals surface area contributed by atoms with Gasteiger partial charge in [-0.15, -0.1) is 0 Å². The molecular formula is C23H28N8O. The Morgan fingerprint density at radius 2 is 1.91 bits per heavy atom. The van der Waals surface area contributed by atoms with Crippen molar-refractivity contribution in [3.05, 3.63) is 60.8 Å². The Bertz CT molecular complexity index is 988. The van der Waals surface area contributed by atoms with E-state index in [2.05, 4.69) is 31.8 Å². The van der Waals surface area contributed by atoms with E-state index in [1.54, 1.807) is 24.8 Å². The summed E-state index contributed by atoms with van der Waals surface area (Å²) in [6.45, 7) is 2.57. The Labute approximate surface area is 187 Å². The fraction of sp³-hybridized carbons (Fsp3) is 0.478. The van der Waals surface area contributed by atoms with Crippen LogP contribution in [0.2, 0.25) is 0 Å². The molecule has 166 valence electrons. The van der Waals surface area contributed by atoms with Crippen molar-refractivity contribution in [2.45, 2.75) is 49.5 Å². The van der Waals surface area contributed by atoms with E-state index in [4.69, 9.17) is 19.8 Å². The third kappa shape index (κ3) is 3.37. The highest BCUT2D eigenvalue weighted by molar-refractivity contribution is 5.99. The molecule has 32 heavy (non-hydrogen) atoms. The van der Waals surface area contributed by atoms with Crippen LogP contribution in [0.3, 0.4) is 0 Å². The number of aliphatic imine (C=N–C) groups is 2. The minimum absolute atomic E-state index is 0.684. The number of likely N-dealkylation sites (tertiary alicyclic amines) is 1. The second-order valence-electron chi connectivity index (χ2n) is 8.39. The van der Waals surface area contributed by atoms with Crippen LogP contribution in [-0.2, 0) is 15.8 Å². The number of nitrogens with one attached hydrogen (secondary N) is 1. The third-order valence-corrected chi connectivity index (χ3v) is 6.73. The molecule has 1 N–H and O–H groups in total. The summed E-state index contributed by atoms with van der Waals surface area (Å²) < 4.78 is 0. The minimum Gasteiger partial charge on any atom is -0.387 e. The molecule has 2 unspecified atom stereocenters. The van der Waals surface area contributed by atoms with Gasteiger partial charge in [-0.25, -0.2) is 10.5 Å². The summed E-state index contributed by atoms with van der Waals surface area (Å²) in [4.78, 5) is 27.1. The second kappa shape index (κ2) is 9.12. The van der Waals surface area contributed by atoms with Gasteiger partial charge in [-0.3, -0.25) is 19.9 Å². The molecular weight excluding hydrogens is 404 g/mol. The van der Waals surface area contributed by atoms with Crippen LogP contribution in [0, 0.1) is 0 Å². The van der Waals surface area contributed by atoms with Gasteiger partial charge in [-0.05, 0) is 50.9 Å². The summed E-state index contributed by atoms with van der Waals surface area (Å²) in [5, 5.41) is 8.91. The number of rotatable bonds is 4. The van der Waals surface area contributed by atoms with Crippen molar-refractivity contribution in [1.82, 2.24) is 30.5 Å². The molecule has 0 radical (unpaired) electrons. The van der Waals surface area contributed by atoms with E-state index < -0.39 is 11.0 Å². The van der Waals surface area contributed by atoms with E-state index >= 15 is 0 Å². The van der Waals surface area contributed by atoms with Crippen LogP contribution in [0.5, 0.6) is 0 Å². The van der Waals surface area contributed by atoms with Crippen LogP contribution >= 0.6 is 0 Å². The first-order valence-corrected chi connectivity index (χ1v) is 11.3. The second-order valence-corrected chi connectivity index (χ2v) is 8.39. The summed E-state index contributed by atoms with van der Waals surface area (Å²) in [6.07, 6.45) is 18.6. The van der Waals surface area contributed by atoms with Crippen LogP contribution in [0.25, 0.3) is 0 Å². The van der Waals surface area contributed by atoms with Gasteiger partial charge < -0.3 is 4.84 Å². The van der Waals surface area contributed by atoms with Gasteiger partial charge in [0.2, 0.25) is 0 Å². The summed E-state index contributed by atoms with van der Waals surface area (Å²) in [5.74, 6) is 0.684. The van der Waals surface area contributed by atoms with E-state index in [9.17, 15) is 0 Å². The lowest BCUT2D eigenvalue weighted by molar-refractivity contribution is 0.0803. The predicted molar refractivity (Wildman–Crippen MR) is 121 cm³/mol. The lowest BCUT2D eigenvalue weighted by Gasteiger charge is -2.52. The zero-order valence-corrected chi connectivity index (χ0v) is 18.1. The molecule has 9 heteroatoms. The average Bonchev–Trinajstić information content (AvgIpc) is 3.26. The summed E-state index contributed by atoms with van der Waals surface area (Å²) in [6, 6.07) is 3.95. The van der Waals surface area contributed by atoms with E-state index in [0.29, 0.717) is 5.84 Å². The maximum atomic E-state index is 5.56. The van der Waals surface area contributed by atoms with Gasteiger partial charge in [0.15, 0.2) is 5.84 Å². The molecule has 0 bridgehead atoms. The molecule has 3 aliphatic heterocycles. The highest BCUT2D eigenvalue weighted by Gasteiger charge is 2.62. The Morgan fingerprint density at radius 3 is 2.62 bits per heavy atom. The number of hydrogen-bond acceptors (Lipinski definition) is 9. The van der Waals surface area contributed by atoms with Crippen LogP contribution < -0.4 is 5.48 Å². The Hall–Kier alpha value is -3.20. The molecule has 2 atom stereocenters. The van der Waals surface area contributed by atoms with Gasteiger partial charge in [0, 0.05) is 31.3 Å². The number of aromatic nitrogens is 4. The zero-order valence-electron chi connectivity index (χ0n) is 18.1. The quantitative estimate of drug-likeness (QED) is 0.792. The number of nitrogens with zero attached hydrogens (tertiary/aromatic N) is 7. The smallest absolute Gasteiger partial charge is 0.151 e. The van der Waals surface area contributed by atoms with E-state index in [-0.39, 0.29) is 0 Å². The molecule has 3 aliphatic rings.